The van der Waals surface area contributed by atoms with E-state index in [-0.39, 0.29) is 0 Å². The number of aromatic nitrogens is 2. The number of rotatable bonds is 1. The summed E-state index contributed by atoms with van der Waals surface area (Å²) in [5, 5.41) is 0. The second-order valence-corrected chi connectivity index (χ2v) is 2.76. The molecule has 0 saturated carbocycles. The largest absolute Gasteiger partial charge is 0.357 e. The Labute approximate surface area is 93.6 Å². The summed E-state index contributed by atoms with van der Waals surface area (Å²) in [5.74, 6) is 1.07. The maximum Gasteiger partial charge on any atom is 0.131 e. The van der Waals surface area contributed by atoms with Crippen LogP contribution in [0.5, 0.6) is 0 Å². The summed E-state index contributed by atoms with van der Waals surface area (Å²) < 4.78 is 0. The fourth-order valence-electron chi connectivity index (χ4n) is 1.42. The highest BCUT2D eigenvalue weighted by Crippen LogP contribution is 2.15. The smallest absolute Gasteiger partial charge is 0.131 e. The maximum absolute atomic E-state index is 4.18. The quantitative estimate of drug-likeness (QED) is 0.711. The lowest BCUT2D eigenvalue weighted by molar-refractivity contribution is 0.927. The number of anilines is 1. The molecule has 0 aliphatic carbocycles. The van der Waals surface area contributed by atoms with Crippen LogP contribution in [0.4, 0.5) is 5.82 Å². The van der Waals surface area contributed by atoms with Gasteiger partial charge in [0.15, 0.2) is 0 Å². The van der Waals surface area contributed by atoms with Crippen LogP contribution in [0.3, 0.4) is 0 Å². The molecule has 1 fully saturated rings. The molecule has 1 aromatic heterocycles. The summed E-state index contributed by atoms with van der Waals surface area (Å²) in [7, 11) is 0. The van der Waals surface area contributed by atoms with Crippen LogP contribution in [-0.2, 0) is 0 Å². The van der Waals surface area contributed by atoms with Crippen LogP contribution >= 0.6 is 0 Å². The summed E-state index contributed by atoms with van der Waals surface area (Å²) in [6.07, 6.45) is 5.99. The molecule has 1 aliphatic rings. The van der Waals surface area contributed by atoms with Crippen molar-refractivity contribution in [1.29, 1.82) is 0 Å². The van der Waals surface area contributed by atoms with Crippen LogP contribution in [0, 0.1) is 0 Å². The van der Waals surface area contributed by atoms with Crippen molar-refractivity contribution in [3.8, 4) is 0 Å². The van der Waals surface area contributed by atoms with E-state index in [2.05, 4.69) is 14.9 Å². The van der Waals surface area contributed by atoms with Gasteiger partial charge in [-0.25, -0.2) is 9.97 Å². The molecule has 0 spiro atoms. The van der Waals surface area contributed by atoms with Crippen LogP contribution in [0.2, 0.25) is 0 Å². The van der Waals surface area contributed by atoms with Gasteiger partial charge in [0, 0.05) is 19.3 Å². The minimum absolute atomic E-state index is 1.07. The summed E-state index contributed by atoms with van der Waals surface area (Å²) in [6, 6.07) is 1.96. The third-order valence-electron chi connectivity index (χ3n) is 2.00. The molecule has 0 amide bonds. The van der Waals surface area contributed by atoms with Crippen molar-refractivity contribution in [2.24, 2.45) is 0 Å². The zero-order valence-corrected chi connectivity index (χ0v) is 10.4. The molecule has 2 rings (SSSR count). The summed E-state index contributed by atoms with van der Waals surface area (Å²) in [5.41, 5.74) is 0. The van der Waals surface area contributed by atoms with Gasteiger partial charge in [0.2, 0.25) is 0 Å². The minimum atomic E-state index is 1.07. The molecule has 0 atom stereocenters. The van der Waals surface area contributed by atoms with Gasteiger partial charge >= 0.3 is 0 Å². The van der Waals surface area contributed by atoms with Crippen molar-refractivity contribution in [3.05, 3.63) is 18.6 Å². The van der Waals surface area contributed by atoms with Crippen molar-refractivity contribution in [3.63, 3.8) is 0 Å². The molecule has 0 unspecified atom stereocenters. The molecule has 0 radical (unpaired) electrons. The Bertz CT molecular complexity index is 218. The normalized spacial score (nSPS) is 13.5. The van der Waals surface area contributed by atoms with E-state index in [0.717, 1.165) is 18.9 Å². The molecular formula is C12H23N3. The Morgan fingerprint density at radius 2 is 1.67 bits per heavy atom. The van der Waals surface area contributed by atoms with Crippen LogP contribution in [0.1, 0.15) is 40.5 Å². The predicted octanol–water partition coefficient (Wildman–Crippen LogP) is 3.13. The first-order chi connectivity index (χ1) is 7.47. The lowest BCUT2D eigenvalue weighted by Gasteiger charge is -2.14. The Balaban J connectivity index is 0.000000442. The standard InChI is InChI=1S/C8H11N3.2C2H6/c1-2-6-11(5-1)8-3-4-9-7-10-8;2*1-2/h3-4,7H,1-2,5-6H2;2*1-2H3. The van der Waals surface area contributed by atoms with Crippen molar-refractivity contribution in [1.82, 2.24) is 9.97 Å². The highest BCUT2D eigenvalue weighted by molar-refractivity contribution is 5.37. The van der Waals surface area contributed by atoms with Gasteiger partial charge in [-0.1, -0.05) is 27.7 Å². The van der Waals surface area contributed by atoms with Crippen LogP contribution < -0.4 is 4.90 Å². The summed E-state index contributed by atoms with van der Waals surface area (Å²) in [6.45, 7) is 10.3. The van der Waals surface area contributed by atoms with Crippen molar-refractivity contribution in [2.45, 2.75) is 40.5 Å². The van der Waals surface area contributed by atoms with Crippen LogP contribution in [-0.4, -0.2) is 23.1 Å². The van der Waals surface area contributed by atoms with Gasteiger partial charge in [-0.3, -0.25) is 0 Å². The van der Waals surface area contributed by atoms with Crippen LogP contribution in [0.15, 0.2) is 18.6 Å². The highest BCUT2D eigenvalue weighted by atomic mass is 15.2. The Morgan fingerprint density at radius 1 is 1.07 bits per heavy atom. The van der Waals surface area contributed by atoms with Crippen LogP contribution in [0.25, 0.3) is 0 Å². The van der Waals surface area contributed by atoms with E-state index in [1.807, 2.05) is 33.8 Å². The van der Waals surface area contributed by atoms with Gasteiger partial charge < -0.3 is 4.90 Å². The molecule has 2 heterocycles. The van der Waals surface area contributed by atoms with Crippen molar-refractivity contribution >= 4 is 5.82 Å². The highest BCUT2D eigenvalue weighted by Gasteiger charge is 2.11. The monoisotopic (exact) mass is 209 g/mol. The zero-order valence-electron chi connectivity index (χ0n) is 10.4. The molecule has 3 nitrogen and oxygen atoms in total. The van der Waals surface area contributed by atoms with Crippen molar-refractivity contribution < 1.29 is 0 Å². The van der Waals surface area contributed by atoms with E-state index < -0.39 is 0 Å². The number of hydrogen-bond acceptors (Lipinski definition) is 3. The first-order valence-corrected chi connectivity index (χ1v) is 5.98. The lowest BCUT2D eigenvalue weighted by Crippen LogP contribution is -2.18. The topological polar surface area (TPSA) is 29.0 Å². The second-order valence-electron chi connectivity index (χ2n) is 2.76. The number of nitrogens with zero attached hydrogens (tertiary/aromatic N) is 3. The SMILES string of the molecule is CC.CC.c1cc(N2CCCC2)ncn1. The first-order valence-electron chi connectivity index (χ1n) is 5.98. The minimum Gasteiger partial charge on any atom is -0.357 e. The molecule has 0 aromatic carbocycles. The van der Waals surface area contributed by atoms with Gasteiger partial charge in [0.05, 0.1) is 0 Å². The Kier molecular flexibility index (Phi) is 8.73. The van der Waals surface area contributed by atoms with Gasteiger partial charge in [-0.15, -0.1) is 0 Å². The molecule has 3 heteroatoms. The fraction of sp³-hybridized carbons (Fsp3) is 0.667. The predicted molar refractivity (Wildman–Crippen MR) is 66.2 cm³/mol. The zero-order chi connectivity index (χ0) is 11.5. The van der Waals surface area contributed by atoms with Crippen molar-refractivity contribution in [2.75, 3.05) is 18.0 Å². The fourth-order valence-corrected chi connectivity index (χ4v) is 1.42. The van der Waals surface area contributed by atoms with E-state index in [9.17, 15) is 0 Å². The van der Waals surface area contributed by atoms with E-state index >= 15 is 0 Å². The molecule has 0 N–H and O–H groups in total. The van der Waals surface area contributed by atoms with Gasteiger partial charge in [-0.05, 0) is 18.9 Å². The summed E-state index contributed by atoms with van der Waals surface area (Å²) in [4.78, 5) is 10.3. The maximum atomic E-state index is 4.18. The average Bonchev–Trinajstić information content (AvgIpc) is 2.89. The van der Waals surface area contributed by atoms with E-state index in [0.29, 0.717) is 0 Å². The van der Waals surface area contributed by atoms with Gasteiger partial charge in [0.1, 0.15) is 12.1 Å². The molecule has 1 aliphatic heterocycles. The number of hydrogen-bond donors (Lipinski definition) is 0. The first kappa shape index (κ1) is 13.9. The van der Waals surface area contributed by atoms with E-state index in [1.165, 1.54) is 12.8 Å². The third kappa shape index (κ3) is 4.77. The average molecular weight is 209 g/mol. The van der Waals surface area contributed by atoms with Gasteiger partial charge in [0.25, 0.3) is 0 Å². The molecule has 86 valence electrons. The molecule has 1 saturated heterocycles. The van der Waals surface area contributed by atoms with Gasteiger partial charge in [-0.2, -0.15) is 0 Å². The lowest BCUT2D eigenvalue weighted by atomic mass is 10.4. The summed E-state index contributed by atoms with van der Waals surface area (Å²) >= 11 is 0. The molecule has 1 aromatic rings. The Morgan fingerprint density at radius 3 is 2.13 bits per heavy atom. The van der Waals surface area contributed by atoms with E-state index in [4.69, 9.17) is 0 Å². The molecule has 0 bridgehead atoms. The molecular weight excluding hydrogens is 186 g/mol. The molecule has 15 heavy (non-hydrogen) atoms. The second kappa shape index (κ2) is 9.44. The Hall–Kier alpha value is -1.12. The third-order valence-corrected chi connectivity index (χ3v) is 2.00. The van der Waals surface area contributed by atoms with E-state index in [1.54, 1.807) is 12.5 Å².